The molecule has 0 radical (unpaired) electrons. The molecule has 0 saturated heterocycles. The highest BCUT2D eigenvalue weighted by atomic mass is 16.4. The van der Waals surface area contributed by atoms with Crippen LogP contribution in [0, 0.1) is 0 Å². The van der Waals surface area contributed by atoms with Gasteiger partial charge in [-0.05, 0) is 34.1 Å². The predicted octanol–water partition coefficient (Wildman–Crippen LogP) is 1.54. The Labute approximate surface area is 91.3 Å². The van der Waals surface area contributed by atoms with Crippen LogP contribution in [0.4, 0.5) is 0 Å². The van der Waals surface area contributed by atoms with Gasteiger partial charge in [-0.25, -0.2) is 0 Å². The number of carboxylic acids is 1. The zero-order chi connectivity index (χ0) is 12.0. The van der Waals surface area contributed by atoms with E-state index in [0.717, 1.165) is 6.29 Å². The van der Waals surface area contributed by atoms with Crippen LogP contribution in [0.25, 0.3) is 0 Å². The highest BCUT2D eigenvalue weighted by Gasteiger charge is 2.28. The molecule has 0 amide bonds. The maximum atomic E-state index is 11.1. The van der Waals surface area contributed by atoms with E-state index in [9.17, 15) is 9.59 Å². The van der Waals surface area contributed by atoms with Gasteiger partial charge in [0.2, 0.25) is 0 Å². The summed E-state index contributed by atoms with van der Waals surface area (Å²) in [5, 5.41) is 9.11. The zero-order valence-corrected chi connectivity index (χ0v) is 9.93. The lowest BCUT2D eigenvalue weighted by Crippen LogP contribution is -2.49. The second-order valence-electron chi connectivity index (χ2n) is 4.23. The van der Waals surface area contributed by atoms with Crippen molar-refractivity contribution in [1.29, 1.82) is 0 Å². The van der Waals surface area contributed by atoms with Gasteiger partial charge in [-0.15, -0.1) is 0 Å². The minimum atomic E-state index is -0.848. The van der Waals surface area contributed by atoms with Gasteiger partial charge in [-0.1, -0.05) is 0 Å². The van der Waals surface area contributed by atoms with E-state index in [0.29, 0.717) is 12.8 Å². The average molecular weight is 215 g/mol. The second kappa shape index (κ2) is 6.56. The van der Waals surface area contributed by atoms with E-state index in [-0.39, 0.29) is 12.1 Å². The quantitative estimate of drug-likeness (QED) is 0.654. The van der Waals surface area contributed by atoms with Gasteiger partial charge in [0.15, 0.2) is 0 Å². The van der Waals surface area contributed by atoms with Crippen LogP contribution in [0.2, 0.25) is 0 Å². The normalized spacial score (nSPS) is 13.5. The van der Waals surface area contributed by atoms with Crippen LogP contribution in [0.1, 0.15) is 40.5 Å². The molecule has 1 N–H and O–H groups in total. The molecule has 0 aliphatic carbocycles. The van der Waals surface area contributed by atoms with Crippen LogP contribution >= 0.6 is 0 Å². The number of aldehydes is 1. The zero-order valence-electron chi connectivity index (χ0n) is 9.93. The van der Waals surface area contributed by atoms with Crippen molar-refractivity contribution in [3.8, 4) is 0 Å². The third-order valence-electron chi connectivity index (χ3n) is 2.40. The first-order valence-corrected chi connectivity index (χ1v) is 5.35. The monoisotopic (exact) mass is 215 g/mol. The molecule has 4 nitrogen and oxygen atoms in total. The molecule has 0 fully saturated rings. The Morgan fingerprint density at radius 2 is 1.73 bits per heavy atom. The maximum Gasteiger partial charge on any atom is 0.320 e. The number of nitrogens with zero attached hydrogens (tertiary/aromatic N) is 1. The molecule has 0 bridgehead atoms. The highest BCUT2D eigenvalue weighted by Crippen LogP contribution is 2.15. The highest BCUT2D eigenvalue weighted by molar-refractivity contribution is 5.74. The van der Waals surface area contributed by atoms with Crippen molar-refractivity contribution >= 4 is 12.3 Å². The van der Waals surface area contributed by atoms with Crippen molar-refractivity contribution < 1.29 is 14.7 Å². The molecular weight excluding hydrogens is 194 g/mol. The summed E-state index contributed by atoms with van der Waals surface area (Å²) in [5.74, 6) is -0.848. The minimum absolute atomic E-state index is 0.165. The number of aliphatic carboxylic acids is 1. The number of carbonyl (C=O) groups excluding carboxylic acids is 1. The van der Waals surface area contributed by atoms with Crippen molar-refractivity contribution in [1.82, 2.24) is 4.90 Å². The van der Waals surface area contributed by atoms with Crippen LogP contribution < -0.4 is 0 Å². The predicted molar refractivity (Wildman–Crippen MR) is 58.8 cm³/mol. The number of carbonyl (C=O) groups is 2. The fraction of sp³-hybridized carbons (Fsp3) is 0.818. The lowest BCUT2D eigenvalue weighted by atomic mass is 10.1. The summed E-state index contributed by atoms with van der Waals surface area (Å²) in [7, 11) is 0. The first-order chi connectivity index (χ1) is 6.91. The number of rotatable bonds is 7. The summed E-state index contributed by atoms with van der Waals surface area (Å²) in [6.45, 7) is 7.88. The summed E-state index contributed by atoms with van der Waals surface area (Å²) >= 11 is 0. The number of hydrogen-bond acceptors (Lipinski definition) is 3. The van der Waals surface area contributed by atoms with Gasteiger partial charge < -0.3 is 9.90 Å². The Bertz CT molecular complexity index is 206. The van der Waals surface area contributed by atoms with Crippen LogP contribution in [0.5, 0.6) is 0 Å². The number of hydrogen-bond donors (Lipinski definition) is 1. The van der Waals surface area contributed by atoms with Crippen molar-refractivity contribution in [3.05, 3.63) is 0 Å². The van der Waals surface area contributed by atoms with E-state index in [2.05, 4.69) is 0 Å². The first kappa shape index (κ1) is 14.1. The second-order valence-corrected chi connectivity index (χ2v) is 4.23. The SMILES string of the molecule is CC(C)N(C(C)C)C(CCC=O)C(=O)O. The number of carboxylic acid groups (broad SMARTS) is 1. The Morgan fingerprint density at radius 1 is 1.27 bits per heavy atom. The molecule has 0 saturated carbocycles. The molecule has 0 rings (SSSR count). The molecule has 15 heavy (non-hydrogen) atoms. The smallest absolute Gasteiger partial charge is 0.320 e. The molecule has 1 atom stereocenters. The molecule has 4 heteroatoms. The van der Waals surface area contributed by atoms with E-state index in [1.54, 1.807) is 0 Å². The van der Waals surface area contributed by atoms with Crippen molar-refractivity contribution in [3.63, 3.8) is 0 Å². The molecule has 0 spiro atoms. The lowest BCUT2D eigenvalue weighted by Gasteiger charge is -2.35. The Morgan fingerprint density at radius 3 is 2.00 bits per heavy atom. The van der Waals surface area contributed by atoms with Gasteiger partial charge in [0, 0.05) is 18.5 Å². The van der Waals surface area contributed by atoms with Gasteiger partial charge in [-0.2, -0.15) is 0 Å². The van der Waals surface area contributed by atoms with E-state index in [1.807, 2.05) is 32.6 Å². The fourth-order valence-electron chi connectivity index (χ4n) is 1.94. The summed E-state index contributed by atoms with van der Waals surface area (Å²) in [6.07, 6.45) is 1.46. The van der Waals surface area contributed by atoms with Crippen molar-refractivity contribution in [2.75, 3.05) is 0 Å². The molecule has 0 aromatic rings. The van der Waals surface area contributed by atoms with Crippen molar-refractivity contribution in [2.45, 2.75) is 58.7 Å². The Hall–Kier alpha value is -0.900. The average Bonchev–Trinajstić information content (AvgIpc) is 2.09. The van der Waals surface area contributed by atoms with E-state index >= 15 is 0 Å². The first-order valence-electron chi connectivity index (χ1n) is 5.35. The van der Waals surface area contributed by atoms with Gasteiger partial charge in [0.05, 0.1) is 0 Å². The lowest BCUT2D eigenvalue weighted by molar-refractivity contribution is -0.145. The van der Waals surface area contributed by atoms with E-state index in [4.69, 9.17) is 5.11 Å². The molecule has 1 unspecified atom stereocenters. The molecule has 0 aliphatic rings. The molecule has 0 aromatic heterocycles. The van der Waals surface area contributed by atoms with Gasteiger partial charge in [0.25, 0.3) is 0 Å². The van der Waals surface area contributed by atoms with Crippen LogP contribution in [0.15, 0.2) is 0 Å². The van der Waals surface area contributed by atoms with Crippen LogP contribution in [0.3, 0.4) is 0 Å². The van der Waals surface area contributed by atoms with E-state index in [1.165, 1.54) is 0 Å². The fourth-order valence-corrected chi connectivity index (χ4v) is 1.94. The standard InChI is InChI=1S/C11H21NO3/c1-8(2)12(9(3)4)10(11(14)15)6-5-7-13/h7-10H,5-6H2,1-4H3,(H,14,15). The largest absolute Gasteiger partial charge is 0.480 e. The maximum absolute atomic E-state index is 11.1. The van der Waals surface area contributed by atoms with Gasteiger partial charge in [0.1, 0.15) is 12.3 Å². The summed E-state index contributed by atoms with van der Waals surface area (Å²) in [4.78, 5) is 23.3. The van der Waals surface area contributed by atoms with Crippen LogP contribution in [-0.4, -0.2) is 40.4 Å². The topological polar surface area (TPSA) is 57.6 Å². The van der Waals surface area contributed by atoms with Gasteiger partial charge >= 0.3 is 5.97 Å². The Kier molecular flexibility index (Phi) is 6.17. The van der Waals surface area contributed by atoms with Gasteiger partial charge in [-0.3, -0.25) is 9.69 Å². The van der Waals surface area contributed by atoms with Crippen molar-refractivity contribution in [2.24, 2.45) is 0 Å². The minimum Gasteiger partial charge on any atom is -0.480 e. The van der Waals surface area contributed by atoms with E-state index < -0.39 is 12.0 Å². The molecule has 88 valence electrons. The molecule has 0 aromatic carbocycles. The molecule has 0 heterocycles. The molecule has 0 aliphatic heterocycles. The third kappa shape index (κ3) is 4.42. The Balaban J connectivity index is 4.67. The summed E-state index contributed by atoms with van der Waals surface area (Å²) in [5.41, 5.74) is 0. The molecular formula is C11H21NO3. The summed E-state index contributed by atoms with van der Waals surface area (Å²) in [6, 6.07) is -0.231. The third-order valence-corrected chi connectivity index (χ3v) is 2.40. The van der Waals surface area contributed by atoms with Crippen LogP contribution in [-0.2, 0) is 9.59 Å². The summed E-state index contributed by atoms with van der Waals surface area (Å²) < 4.78 is 0.